The van der Waals surface area contributed by atoms with Crippen LogP contribution in [0.3, 0.4) is 0 Å². The zero-order valence-corrected chi connectivity index (χ0v) is 9.17. The maximum atomic E-state index is 13.6. The fraction of sp³-hybridized carbons (Fsp3) is 0.455. The Morgan fingerprint density at radius 3 is 2.93 bits per heavy atom. The van der Waals surface area contributed by atoms with Crippen LogP contribution in [0.5, 0.6) is 0 Å². The van der Waals surface area contributed by atoms with E-state index in [0.29, 0.717) is 10.7 Å². The van der Waals surface area contributed by atoms with Crippen LogP contribution in [0.4, 0.5) is 10.1 Å². The van der Waals surface area contributed by atoms with Gasteiger partial charge in [-0.15, -0.1) is 0 Å². The van der Waals surface area contributed by atoms with Crippen LogP contribution in [-0.4, -0.2) is 19.1 Å². The third-order valence-corrected chi connectivity index (χ3v) is 2.94. The molecule has 1 aliphatic rings. The van der Waals surface area contributed by atoms with E-state index < -0.39 is 0 Å². The van der Waals surface area contributed by atoms with Gasteiger partial charge in [0.1, 0.15) is 5.82 Å². The monoisotopic (exact) mass is 228 g/mol. The summed E-state index contributed by atoms with van der Waals surface area (Å²) in [5, 5.41) is 0.428. The Balaban J connectivity index is 2.21. The van der Waals surface area contributed by atoms with E-state index in [9.17, 15) is 4.39 Å². The van der Waals surface area contributed by atoms with Gasteiger partial charge in [-0.3, -0.25) is 0 Å². The van der Waals surface area contributed by atoms with Crippen molar-refractivity contribution >= 4 is 17.3 Å². The first-order chi connectivity index (χ1) is 7.16. The van der Waals surface area contributed by atoms with Crippen molar-refractivity contribution in [3.63, 3.8) is 0 Å². The SMILES string of the molecule is NC1CCCN(c2ccc(Cl)cc2F)C1. The fourth-order valence-corrected chi connectivity index (χ4v) is 2.13. The molecule has 1 aromatic carbocycles. The average Bonchev–Trinajstić information content (AvgIpc) is 2.17. The highest BCUT2D eigenvalue weighted by molar-refractivity contribution is 6.30. The van der Waals surface area contributed by atoms with Crippen LogP contribution in [0, 0.1) is 5.82 Å². The fourth-order valence-electron chi connectivity index (χ4n) is 1.97. The van der Waals surface area contributed by atoms with Crippen LogP contribution in [-0.2, 0) is 0 Å². The summed E-state index contributed by atoms with van der Waals surface area (Å²) < 4.78 is 13.6. The highest BCUT2D eigenvalue weighted by Crippen LogP contribution is 2.25. The number of hydrogen-bond acceptors (Lipinski definition) is 2. The molecule has 0 aliphatic carbocycles. The Bertz CT molecular complexity index is 356. The van der Waals surface area contributed by atoms with Crippen molar-refractivity contribution in [2.24, 2.45) is 5.73 Å². The number of benzene rings is 1. The number of hydrogen-bond donors (Lipinski definition) is 1. The van der Waals surface area contributed by atoms with E-state index in [1.165, 1.54) is 6.07 Å². The summed E-state index contributed by atoms with van der Waals surface area (Å²) in [6.07, 6.45) is 2.04. The smallest absolute Gasteiger partial charge is 0.147 e. The number of rotatable bonds is 1. The normalized spacial score (nSPS) is 21.8. The standard InChI is InChI=1S/C11H14ClFN2/c12-8-3-4-11(10(13)6-8)15-5-1-2-9(14)7-15/h3-4,6,9H,1-2,5,7,14H2. The Kier molecular flexibility index (Phi) is 3.12. The summed E-state index contributed by atoms with van der Waals surface area (Å²) >= 11 is 5.70. The van der Waals surface area contributed by atoms with Crippen LogP contribution in [0.2, 0.25) is 5.02 Å². The van der Waals surface area contributed by atoms with E-state index in [0.717, 1.165) is 25.9 Å². The van der Waals surface area contributed by atoms with Crippen molar-refractivity contribution in [2.75, 3.05) is 18.0 Å². The number of halogens is 2. The van der Waals surface area contributed by atoms with Gasteiger partial charge >= 0.3 is 0 Å². The van der Waals surface area contributed by atoms with Crippen molar-refractivity contribution in [1.29, 1.82) is 0 Å². The molecule has 0 spiro atoms. The van der Waals surface area contributed by atoms with E-state index in [-0.39, 0.29) is 11.9 Å². The van der Waals surface area contributed by atoms with Gasteiger partial charge in [0.15, 0.2) is 0 Å². The molecule has 1 atom stereocenters. The molecular weight excluding hydrogens is 215 g/mol. The molecule has 0 amide bonds. The minimum absolute atomic E-state index is 0.147. The second-order valence-corrected chi connectivity index (χ2v) is 4.38. The molecule has 2 nitrogen and oxygen atoms in total. The molecule has 0 bridgehead atoms. The first kappa shape index (κ1) is 10.7. The van der Waals surface area contributed by atoms with E-state index in [4.69, 9.17) is 17.3 Å². The van der Waals surface area contributed by atoms with Crippen molar-refractivity contribution in [2.45, 2.75) is 18.9 Å². The van der Waals surface area contributed by atoms with Gasteiger partial charge in [-0.05, 0) is 31.0 Å². The molecule has 15 heavy (non-hydrogen) atoms. The number of nitrogens with zero attached hydrogens (tertiary/aromatic N) is 1. The minimum atomic E-state index is -0.267. The van der Waals surface area contributed by atoms with Gasteiger partial charge in [0, 0.05) is 24.2 Å². The first-order valence-electron chi connectivity index (χ1n) is 5.12. The first-order valence-corrected chi connectivity index (χ1v) is 5.50. The van der Waals surface area contributed by atoms with Gasteiger partial charge in [0.2, 0.25) is 0 Å². The average molecular weight is 229 g/mol. The lowest BCUT2D eigenvalue weighted by Crippen LogP contribution is -2.43. The number of piperidine rings is 1. The Morgan fingerprint density at radius 2 is 2.27 bits per heavy atom. The number of anilines is 1. The van der Waals surface area contributed by atoms with Gasteiger partial charge < -0.3 is 10.6 Å². The molecule has 82 valence electrons. The van der Waals surface area contributed by atoms with Gasteiger partial charge in [-0.25, -0.2) is 4.39 Å². The van der Waals surface area contributed by atoms with Crippen molar-refractivity contribution < 1.29 is 4.39 Å². The van der Waals surface area contributed by atoms with Gasteiger partial charge in [-0.1, -0.05) is 11.6 Å². The maximum absolute atomic E-state index is 13.6. The number of nitrogens with two attached hydrogens (primary N) is 1. The Labute approximate surface area is 93.8 Å². The Morgan fingerprint density at radius 1 is 1.47 bits per heavy atom. The summed E-state index contributed by atoms with van der Waals surface area (Å²) in [7, 11) is 0. The predicted molar refractivity (Wildman–Crippen MR) is 60.8 cm³/mol. The van der Waals surface area contributed by atoms with Gasteiger partial charge in [0.25, 0.3) is 0 Å². The third kappa shape index (κ3) is 2.41. The van der Waals surface area contributed by atoms with Crippen molar-refractivity contribution in [3.8, 4) is 0 Å². The summed E-state index contributed by atoms with van der Waals surface area (Å²) in [5.41, 5.74) is 6.46. The summed E-state index contributed by atoms with van der Waals surface area (Å²) in [5.74, 6) is -0.267. The topological polar surface area (TPSA) is 29.3 Å². The van der Waals surface area contributed by atoms with Crippen LogP contribution in [0.1, 0.15) is 12.8 Å². The predicted octanol–water partition coefficient (Wildman–Crippen LogP) is 2.41. The van der Waals surface area contributed by atoms with E-state index in [1.807, 2.05) is 4.90 Å². The molecule has 1 aliphatic heterocycles. The van der Waals surface area contributed by atoms with E-state index in [2.05, 4.69) is 0 Å². The summed E-state index contributed by atoms with van der Waals surface area (Å²) in [6.45, 7) is 1.59. The van der Waals surface area contributed by atoms with Gasteiger partial charge in [0.05, 0.1) is 5.69 Å². The van der Waals surface area contributed by atoms with Crippen LogP contribution in [0.25, 0.3) is 0 Å². The molecule has 0 aromatic heterocycles. The zero-order valence-electron chi connectivity index (χ0n) is 8.42. The van der Waals surface area contributed by atoms with Gasteiger partial charge in [-0.2, -0.15) is 0 Å². The Hall–Kier alpha value is -0.800. The molecule has 1 aromatic rings. The largest absolute Gasteiger partial charge is 0.368 e. The lowest BCUT2D eigenvalue weighted by Gasteiger charge is -2.32. The van der Waals surface area contributed by atoms with E-state index >= 15 is 0 Å². The minimum Gasteiger partial charge on any atom is -0.368 e. The lowest BCUT2D eigenvalue weighted by molar-refractivity contribution is 0.498. The summed E-state index contributed by atoms with van der Waals surface area (Å²) in [4.78, 5) is 1.99. The second kappa shape index (κ2) is 4.37. The molecule has 4 heteroatoms. The quantitative estimate of drug-likeness (QED) is 0.800. The molecule has 1 saturated heterocycles. The molecule has 1 unspecified atom stereocenters. The third-order valence-electron chi connectivity index (χ3n) is 2.71. The molecule has 0 radical (unpaired) electrons. The van der Waals surface area contributed by atoms with Crippen LogP contribution < -0.4 is 10.6 Å². The molecule has 0 saturated carbocycles. The van der Waals surface area contributed by atoms with Crippen LogP contribution >= 0.6 is 11.6 Å². The molecule has 1 fully saturated rings. The highest BCUT2D eigenvalue weighted by atomic mass is 35.5. The highest BCUT2D eigenvalue weighted by Gasteiger charge is 2.19. The molecule has 2 rings (SSSR count). The summed E-state index contributed by atoms with van der Waals surface area (Å²) in [6, 6.07) is 4.92. The maximum Gasteiger partial charge on any atom is 0.147 e. The molecular formula is C11H14ClFN2. The van der Waals surface area contributed by atoms with Crippen molar-refractivity contribution in [3.05, 3.63) is 29.0 Å². The van der Waals surface area contributed by atoms with Crippen LogP contribution in [0.15, 0.2) is 18.2 Å². The zero-order chi connectivity index (χ0) is 10.8. The lowest BCUT2D eigenvalue weighted by atomic mass is 10.1. The molecule has 1 heterocycles. The molecule has 2 N–H and O–H groups in total. The van der Waals surface area contributed by atoms with Crippen molar-refractivity contribution in [1.82, 2.24) is 0 Å². The van der Waals surface area contributed by atoms with E-state index in [1.54, 1.807) is 12.1 Å². The second-order valence-electron chi connectivity index (χ2n) is 3.94.